The molecule has 2 rings (SSSR count). The van der Waals surface area contributed by atoms with E-state index in [1.807, 2.05) is 25.5 Å². The summed E-state index contributed by atoms with van der Waals surface area (Å²) in [5, 5.41) is 7.40. The van der Waals surface area contributed by atoms with Crippen molar-refractivity contribution in [2.24, 2.45) is 0 Å². The number of amides is 1. The van der Waals surface area contributed by atoms with E-state index < -0.39 is 0 Å². The number of carbonyl (C=O) groups is 1. The summed E-state index contributed by atoms with van der Waals surface area (Å²) in [6, 6.07) is 5.28. The van der Waals surface area contributed by atoms with Crippen LogP contribution in [0.3, 0.4) is 0 Å². The van der Waals surface area contributed by atoms with Crippen molar-refractivity contribution in [2.75, 3.05) is 12.3 Å². The van der Waals surface area contributed by atoms with E-state index in [1.54, 1.807) is 18.2 Å². The first kappa shape index (κ1) is 15.1. The molecular formula is C16H22N4O. The van der Waals surface area contributed by atoms with Gasteiger partial charge in [0.05, 0.1) is 16.9 Å². The minimum Gasteiger partial charge on any atom is -0.399 e. The van der Waals surface area contributed by atoms with E-state index in [-0.39, 0.29) is 5.91 Å². The van der Waals surface area contributed by atoms with Crippen LogP contribution in [0.5, 0.6) is 0 Å². The largest absolute Gasteiger partial charge is 0.399 e. The van der Waals surface area contributed by atoms with E-state index in [4.69, 9.17) is 5.73 Å². The number of rotatable bonds is 4. The minimum atomic E-state index is -0.113. The molecule has 5 nitrogen and oxygen atoms in total. The van der Waals surface area contributed by atoms with Crippen LogP contribution in [0.1, 0.15) is 41.2 Å². The van der Waals surface area contributed by atoms with Crippen LogP contribution in [0.15, 0.2) is 18.2 Å². The Labute approximate surface area is 125 Å². The van der Waals surface area contributed by atoms with Gasteiger partial charge in [-0.15, -0.1) is 0 Å². The molecule has 1 amide bonds. The van der Waals surface area contributed by atoms with Crippen molar-refractivity contribution in [1.29, 1.82) is 0 Å². The van der Waals surface area contributed by atoms with Crippen molar-refractivity contribution in [3.8, 4) is 5.69 Å². The van der Waals surface area contributed by atoms with Gasteiger partial charge in [-0.1, -0.05) is 6.92 Å². The smallest absolute Gasteiger partial charge is 0.253 e. The molecule has 112 valence electrons. The SMILES string of the molecule is CCNC(=O)c1ccc(N)cc1-n1nc(C)c(CC)c1C. The van der Waals surface area contributed by atoms with Crippen LogP contribution < -0.4 is 11.1 Å². The predicted octanol–water partition coefficient (Wildman–Crippen LogP) is 2.38. The number of hydrogen-bond donors (Lipinski definition) is 2. The maximum absolute atomic E-state index is 12.2. The molecule has 0 unspecified atom stereocenters. The third kappa shape index (κ3) is 2.77. The predicted molar refractivity (Wildman–Crippen MR) is 84.8 cm³/mol. The molecule has 0 aliphatic carbocycles. The highest BCUT2D eigenvalue weighted by molar-refractivity contribution is 5.98. The number of nitrogens with zero attached hydrogens (tertiary/aromatic N) is 2. The van der Waals surface area contributed by atoms with Gasteiger partial charge in [0.2, 0.25) is 0 Å². The molecule has 21 heavy (non-hydrogen) atoms. The molecule has 5 heteroatoms. The number of nitrogens with one attached hydrogen (secondary N) is 1. The van der Waals surface area contributed by atoms with Crippen LogP contribution in [-0.4, -0.2) is 22.2 Å². The van der Waals surface area contributed by atoms with Gasteiger partial charge < -0.3 is 11.1 Å². The van der Waals surface area contributed by atoms with Gasteiger partial charge in [0, 0.05) is 17.9 Å². The third-order valence-electron chi connectivity index (χ3n) is 3.63. The first-order chi connectivity index (χ1) is 9.99. The monoisotopic (exact) mass is 286 g/mol. The Bertz CT molecular complexity index is 673. The number of hydrogen-bond acceptors (Lipinski definition) is 3. The lowest BCUT2D eigenvalue weighted by Crippen LogP contribution is -2.24. The Balaban J connectivity index is 2.62. The molecule has 0 atom stereocenters. The fourth-order valence-corrected chi connectivity index (χ4v) is 2.59. The molecular weight excluding hydrogens is 264 g/mol. The number of benzene rings is 1. The fourth-order valence-electron chi connectivity index (χ4n) is 2.59. The van der Waals surface area contributed by atoms with Crippen LogP contribution in [0, 0.1) is 13.8 Å². The summed E-state index contributed by atoms with van der Waals surface area (Å²) < 4.78 is 1.81. The molecule has 3 N–H and O–H groups in total. The van der Waals surface area contributed by atoms with E-state index in [0.29, 0.717) is 17.8 Å². The first-order valence-corrected chi connectivity index (χ1v) is 7.22. The molecule has 0 saturated heterocycles. The average Bonchev–Trinajstić information content (AvgIpc) is 2.73. The molecule has 1 aromatic carbocycles. The number of aryl methyl sites for hydroxylation is 1. The van der Waals surface area contributed by atoms with Gasteiger partial charge in [-0.2, -0.15) is 5.10 Å². The Hall–Kier alpha value is -2.30. The number of nitrogen functional groups attached to an aromatic ring is 1. The van der Waals surface area contributed by atoms with Gasteiger partial charge in [0.15, 0.2) is 0 Å². The number of anilines is 1. The van der Waals surface area contributed by atoms with Gasteiger partial charge in [0.25, 0.3) is 5.91 Å². The summed E-state index contributed by atoms with van der Waals surface area (Å²) in [6.07, 6.45) is 0.913. The molecule has 0 aliphatic rings. The lowest BCUT2D eigenvalue weighted by Gasteiger charge is -2.12. The summed E-state index contributed by atoms with van der Waals surface area (Å²) in [4.78, 5) is 12.2. The zero-order valence-electron chi connectivity index (χ0n) is 13.0. The number of nitrogens with two attached hydrogens (primary N) is 1. The second-order valence-electron chi connectivity index (χ2n) is 5.05. The molecule has 0 radical (unpaired) electrons. The second-order valence-corrected chi connectivity index (χ2v) is 5.05. The van der Waals surface area contributed by atoms with Gasteiger partial charge >= 0.3 is 0 Å². The molecule has 0 aliphatic heterocycles. The van der Waals surface area contributed by atoms with Gasteiger partial charge in [0.1, 0.15) is 0 Å². The van der Waals surface area contributed by atoms with Crippen molar-refractivity contribution in [3.05, 3.63) is 40.7 Å². The summed E-state index contributed by atoms with van der Waals surface area (Å²) >= 11 is 0. The lowest BCUT2D eigenvalue weighted by molar-refractivity contribution is 0.0955. The van der Waals surface area contributed by atoms with Crippen molar-refractivity contribution in [1.82, 2.24) is 15.1 Å². The maximum atomic E-state index is 12.2. The highest BCUT2D eigenvalue weighted by atomic mass is 16.1. The quantitative estimate of drug-likeness (QED) is 0.848. The van der Waals surface area contributed by atoms with Crippen molar-refractivity contribution in [2.45, 2.75) is 34.1 Å². The van der Waals surface area contributed by atoms with Crippen LogP contribution in [0.4, 0.5) is 5.69 Å². The summed E-state index contributed by atoms with van der Waals surface area (Å²) in [5.74, 6) is -0.113. The van der Waals surface area contributed by atoms with E-state index in [9.17, 15) is 4.79 Å². The van der Waals surface area contributed by atoms with Crippen molar-refractivity contribution < 1.29 is 4.79 Å². The van der Waals surface area contributed by atoms with Crippen LogP contribution in [0.25, 0.3) is 5.69 Å². The minimum absolute atomic E-state index is 0.113. The highest BCUT2D eigenvalue weighted by Gasteiger charge is 2.17. The fraction of sp³-hybridized carbons (Fsp3) is 0.375. The normalized spacial score (nSPS) is 10.7. The molecule has 0 spiro atoms. The van der Waals surface area contributed by atoms with Crippen LogP contribution >= 0.6 is 0 Å². The van der Waals surface area contributed by atoms with E-state index in [2.05, 4.69) is 17.3 Å². The number of aromatic nitrogens is 2. The van der Waals surface area contributed by atoms with E-state index >= 15 is 0 Å². The van der Waals surface area contributed by atoms with Crippen molar-refractivity contribution in [3.63, 3.8) is 0 Å². The number of carbonyl (C=O) groups excluding carboxylic acids is 1. The zero-order chi connectivity index (χ0) is 15.6. The summed E-state index contributed by atoms with van der Waals surface area (Å²) in [6.45, 7) is 8.59. The van der Waals surface area contributed by atoms with Gasteiger partial charge in [-0.25, -0.2) is 4.68 Å². The topological polar surface area (TPSA) is 72.9 Å². The average molecular weight is 286 g/mol. The van der Waals surface area contributed by atoms with E-state index in [0.717, 1.165) is 23.5 Å². The van der Waals surface area contributed by atoms with Crippen LogP contribution in [-0.2, 0) is 6.42 Å². The Morgan fingerprint density at radius 3 is 2.62 bits per heavy atom. The maximum Gasteiger partial charge on any atom is 0.253 e. The van der Waals surface area contributed by atoms with E-state index in [1.165, 1.54) is 5.56 Å². The Kier molecular flexibility index (Phi) is 4.31. The summed E-state index contributed by atoms with van der Waals surface area (Å²) in [7, 11) is 0. The molecule has 1 aromatic heterocycles. The Morgan fingerprint density at radius 2 is 2.05 bits per heavy atom. The Morgan fingerprint density at radius 1 is 1.33 bits per heavy atom. The molecule has 2 aromatic rings. The summed E-state index contributed by atoms with van der Waals surface area (Å²) in [5.41, 5.74) is 11.1. The lowest BCUT2D eigenvalue weighted by atomic mass is 10.1. The third-order valence-corrected chi connectivity index (χ3v) is 3.63. The highest BCUT2D eigenvalue weighted by Crippen LogP contribution is 2.23. The van der Waals surface area contributed by atoms with Crippen molar-refractivity contribution >= 4 is 11.6 Å². The van der Waals surface area contributed by atoms with Crippen LogP contribution in [0.2, 0.25) is 0 Å². The van der Waals surface area contributed by atoms with Gasteiger partial charge in [-0.05, 0) is 51.0 Å². The second kappa shape index (κ2) is 5.99. The van der Waals surface area contributed by atoms with Gasteiger partial charge in [-0.3, -0.25) is 4.79 Å². The molecule has 1 heterocycles. The standard InChI is InChI=1S/C16H22N4O/c1-5-13-10(3)19-20(11(13)4)15-9-12(17)7-8-14(15)16(21)18-6-2/h7-9H,5-6,17H2,1-4H3,(H,18,21). The zero-order valence-corrected chi connectivity index (χ0v) is 13.0. The molecule has 0 fully saturated rings. The first-order valence-electron chi connectivity index (χ1n) is 7.22. The molecule has 0 bridgehead atoms. The molecule has 0 saturated carbocycles.